The molecule has 0 heterocycles. The highest BCUT2D eigenvalue weighted by molar-refractivity contribution is 6.74. The van der Waals surface area contributed by atoms with Crippen LogP contribution in [0.3, 0.4) is 0 Å². The second kappa shape index (κ2) is 5.00. The molecule has 0 aromatic carbocycles. The van der Waals surface area contributed by atoms with Gasteiger partial charge in [-0.2, -0.15) is 0 Å². The van der Waals surface area contributed by atoms with Crippen molar-refractivity contribution in [2.45, 2.75) is 65.3 Å². The van der Waals surface area contributed by atoms with Crippen molar-refractivity contribution >= 4 is 8.32 Å². The van der Waals surface area contributed by atoms with E-state index in [1.807, 2.05) is 6.92 Å². The van der Waals surface area contributed by atoms with Crippen molar-refractivity contribution in [1.82, 2.24) is 0 Å². The maximum absolute atomic E-state index is 6.07. The summed E-state index contributed by atoms with van der Waals surface area (Å²) in [4.78, 5) is 0. The Hall–Kier alpha value is -0.263. The van der Waals surface area contributed by atoms with Gasteiger partial charge in [0.2, 0.25) is 0 Å². The zero-order chi connectivity index (χ0) is 11.4. The van der Waals surface area contributed by atoms with Gasteiger partial charge in [-0.05, 0) is 25.1 Å². The Balaban J connectivity index is 4.37. The molecule has 0 radical (unpaired) electrons. The molecule has 1 nitrogen and oxygen atoms in total. The normalized spacial score (nSPS) is 14.5. The first-order chi connectivity index (χ1) is 6.20. The number of rotatable bonds is 2. The first kappa shape index (κ1) is 13.7. The van der Waals surface area contributed by atoms with E-state index < -0.39 is 8.32 Å². The Labute approximate surface area is 90.4 Å². The average Bonchev–Trinajstić information content (AvgIpc) is 1.97. The van der Waals surface area contributed by atoms with Crippen molar-refractivity contribution in [3.05, 3.63) is 0 Å². The molecule has 2 heteroatoms. The molecule has 0 aromatic heterocycles. The largest absolute Gasteiger partial charge is 0.404 e. The van der Waals surface area contributed by atoms with Crippen molar-refractivity contribution < 1.29 is 4.43 Å². The monoisotopic (exact) mass is 212 g/mol. The molecule has 0 N–H and O–H groups in total. The van der Waals surface area contributed by atoms with E-state index in [-0.39, 0.29) is 11.1 Å². The molecular formula is C12H24OSi. The molecule has 0 rings (SSSR count). The SMILES string of the molecule is CCC#CC(C)O[Si](C)(C)C(C)(C)C. The van der Waals surface area contributed by atoms with E-state index in [2.05, 4.69) is 52.6 Å². The molecule has 0 spiro atoms. The highest BCUT2D eigenvalue weighted by Gasteiger charge is 2.38. The smallest absolute Gasteiger partial charge is 0.193 e. The molecule has 0 amide bonds. The summed E-state index contributed by atoms with van der Waals surface area (Å²) in [6.07, 6.45) is 0.987. The fourth-order valence-electron chi connectivity index (χ4n) is 0.894. The van der Waals surface area contributed by atoms with Gasteiger partial charge in [0.25, 0.3) is 0 Å². The molecule has 0 saturated carbocycles. The molecule has 0 fully saturated rings. The second-order valence-corrected chi connectivity index (χ2v) is 9.95. The van der Waals surface area contributed by atoms with Gasteiger partial charge in [-0.25, -0.2) is 0 Å². The lowest BCUT2D eigenvalue weighted by molar-refractivity contribution is 0.251. The van der Waals surface area contributed by atoms with Gasteiger partial charge >= 0.3 is 0 Å². The molecule has 0 aromatic rings. The topological polar surface area (TPSA) is 9.23 Å². The lowest BCUT2D eigenvalue weighted by atomic mass is 10.2. The van der Waals surface area contributed by atoms with E-state index in [0.717, 1.165) is 6.42 Å². The molecule has 1 atom stereocenters. The van der Waals surface area contributed by atoms with Crippen LogP contribution in [0.1, 0.15) is 41.0 Å². The fraction of sp³-hybridized carbons (Fsp3) is 0.833. The predicted molar refractivity (Wildman–Crippen MR) is 65.8 cm³/mol. The second-order valence-electron chi connectivity index (χ2n) is 5.20. The summed E-state index contributed by atoms with van der Waals surface area (Å²) in [5.74, 6) is 6.19. The summed E-state index contributed by atoms with van der Waals surface area (Å²) in [5.41, 5.74) is 0. The van der Waals surface area contributed by atoms with Crippen molar-refractivity contribution in [1.29, 1.82) is 0 Å². The lowest BCUT2D eigenvalue weighted by Gasteiger charge is -2.37. The van der Waals surface area contributed by atoms with Crippen LogP contribution in [0.5, 0.6) is 0 Å². The molecule has 0 bridgehead atoms. The van der Waals surface area contributed by atoms with Crippen molar-refractivity contribution in [3.8, 4) is 11.8 Å². The van der Waals surface area contributed by atoms with Gasteiger partial charge in [-0.3, -0.25) is 0 Å². The van der Waals surface area contributed by atoms with Gasteiger partial charge < -0.3 is 4.43 Å². The molecule has 0 saturated heterocycles. The van der Waals surface area contributed by atoms with Crippen LogP contribution in [0.2, 0.25) is 18.1 Å². The first-order valence-electron chi connectivity index (χ1n) is 5.37. The van der Waals surface area contributed by atoms with Gasteiger partial charge in [0.15, 0.2) is 8.32 Å². The first-order valence-corrected chi connectivity index (χ1v) is 8.27. The van der Waals surface area contributed by atoms with Crippen LogP contribution < -0.4 is 0 Å². The summed E-state index contributed by atoms with van der Waals surface area (Å²) in [6.45, 7) is 15.4. The molecular weight excluding hydrogens is 188 g/mol. The Morgan fingerprint density at radius 3 is 2.14 bits per heavy atom. The minimum atomic E-state index is -1.62. The van der Waals surface area contributed by atoms with Gasteiger partial charge in [-0.1, -0.05) is 33.6 Å². The highest BCUT2D eigenvalue weighted by atomic mass is 28.4. The summed E-state index contributed by atoms with van der Waals surface area (Å²) < 4.78 is 6.07. The third-order valence-corrected chi connectivity index (χ3v) is 7.31. The van der Waals surface area contributed by atoms with Gasteiger partial charge in [0.05, 0.1) is 0 Å². The van der Waals surface area contributed by atoms with E-state index in [4.69, 9.17) is 4.43 Å². The maximum Gasteiger partial charge on any atom is 0.193 e. The molecule has 1 unspecified atom stereocenters. The molecule has 0 aliphatic heterocycles. The molecule has 0 aliphatic rings. The van der Waals surface area contributed by atoms with Gasteiger partial charge in [0.1, 0.15) is 6.10 Å². The summed E-state index contributed by atoms with van der Waals surface area (Å²) in [5, 5.41) is 0.273. The van der Waals surface area contributed by atoms with Crippen LogP contribution in [0.15, 0.2) is 0 Å². The van der Waals surface area contributed by atoms with Crippen LogP contribution in [0.25, 0.3) is 0 Å². The molecule has 14 heavy (non-hydrogen) atoms. The van der Waals surface area contributed by atoms with E-state index in [1.165, 1.54) is 0 Å². The lowest BCUT2D eigenvalue weighted by Crippen LogP contribution is -2.43. The van der Waals surface area contributed by atoms with E-state index in [9.17, 15) is 0 Å². The Morgan fingerprint density at radius 2 is 1.79 bits per heavy atom. The average molecular weight is 212 g/mol. The Kier molecular flexibility index (Phi) is 4.90. The van der Waals surface area contributed by atoms with Gasteiger partial charge in [-0.15, -0.1) is 5.92 Å². The maximum atomic E-state index is 6.07. The molecule has 0 aliphatic carbocycles. The van der Waals surface area contributed by atoms with Crippen molar-refractivity contribution in [2.75, 3.05) is 0 Å². The minimum Gasteiger partial charge on any atom is -0.404 e. The Bertz CT molecular complexity index is 227. The Morgan fingerprint density at radius 1 is 1.29 bits per heavy atom. The summed E-state index contributed by atoms with van der Waals surface area (Å²) >= 11 is 0. The zero-order valence-corrected chi connectivity index (χ0v) is 11.7. The van der Waals surface area contributed by atoms with Crippen LogP contribution >= 0.6 is 0 Å². The van der Waals surface area contributed by atoms with Crippen molar-refractivity contribution in [2.24, 2.45) is 0 Å². The zero-order valence-electron chi connectivity index (χ0n) is 10.7. The van der Waals surface area contributed by atoms with Crippen LogP contribution in [-0.2, 0) is 4.43 Å². The summed E-state index contributed by atoms with van der Waals surface area (Å²) in [6, 6.07) is 0. The highest BCUT2D eigenvalue weighted by Crippen LogP contribution is 2.37. The summed E-state index contributed by atoms with van der Waals surface area (Å²) in [7, 11) is -1.62. The van der Waals surface area contributed by atoms with Gasteiger partial charge in [0, 0.05) is 6.42 Å². The minimum absolute atomic E-state index is 0.0795. The quantitative estimate of drug-likeness (QED) is 0.499. The predicted octanol–water partition coefficient (Wildman–Crippen LogP) is 3.81. The van der Waals surface area contributed by atoms with E-state index in [0.29, 0.717) is 0 Å². The van der Waals surface area contributed by atoms with Crippen molar-refractivity contribution in [3.63, 3.8) is 0 Å². The fourth-order valence-corrected chi connectivity index (χ4v) is 2.19. The number of hydrogen-bond acceptors (Lipinski definition) is 1. The third kappa shape index (κ3) is 4.30. The standard InChI is InChI=1S/C12H24OSi/c1-8-9-10-11(2)13-14(6,7)12(3,4)5/h11H,8H2,1-7H3. The van der Waals surface area contributed by atoms with Crippen LogP contribution in [0, 0.1) is 11.8 Å². The number of hydrogen-bond donors (Lipinski definition) is 0. The van der Waals surface area contributed by atoms with Crippen LogP contribution in [-0.4, -0.2) is 14.4 Å². The third-order valence-electron chi connectivity index (χ3n) is 2.76. The molecule has 82 valence electrons. The van der Waals surface area contributed by atoms with E-state index >= 15 is 0 Å². The van der Waals surface area contributed by atoms with E-state index in [1.54, 1.807) is 0 Å². The van der Waals surface area contributed by atoms with Crippen LogP contribution in [0.4, 0.5) is 0 Å².